The van der Waals surface area contributed by atoms with Crippen LogP contribution in [0.2, 0.25) is 0 Å². The normalized spacial score (nSPS) is 10.0. The van der Waals surface area contributed by atoms with E-state index in [4.69, 9.17) is 5.26 Å². The molecule has 2 rings (SSSR count). The van der Waals surface area contributed by atoms with Crippen molar-refractivity contribution >= 4 is 11.8 Å². The lowest BCUT2D eigenvalue weighted by Crippen LogP contribution is -2.14. The maximum absolute atomic E-state index is 12.0. The molecule has 0 atom stereocenters. The van der Waals surface area contributed by atoms with E-state index in [9.17, 15) is 4.79 Å². The fourth-order valence-electron chi connectivity index (χ4n) is 1.62. The molecule has 0 spiro atoms. The number of hydrogen-bond acceptors (Lipinski definition) is 4. The van der Waals surface area contributed by atoms with Crippen LogP contribution in [0, 0.1) is 11.3 Å². The lowest BCUT2D eigenvalue weighted by molar-refractivity contribution is 0.936. The van der Waals surface area contributed by atoms with Crippen LogP contribution in [-0.4, -0.2) is 15.7 Å². The zero-order valence-corrected chi connectivity index (χ0v) is 11.8. The van der Waals surface area contributed by atoms with E-state index in [1.165, 1.54) is 11.8 Å². The molecule has 20 heavy (non-hydrogen) atoms. The third kappa shape index (κ3) is 3.16. The molecule has 0 fully saturated rings. The minimum absolute atomic E-state index is 0.0378. The molecule has 1 N–H and O–H groups in total. The maximum Gasteiger partial charge on any atom is 0.270 e. The Bertz CT molecular complexity index is 729. The third-order valence-electron chi connectivity index (χ3n) is 2.51. The van der Waals surface area contributed by atoms with Crippen LogP contribution in [0.15, 0.2) is 52.4 Å². The molecular formula is C15H13N3OS. The number of hydrogen-bond donors (Lipinski definition) is 1. The first-order chi connectivity index (χ1) is 9.61. The Morgan fingerprint density at radius 1 is 1.45 bits per heavy atom. The summed E-state index contributed by atoms with van der Waals surface area (Å²) in [5, 5.41) is 9.63. The summed E-state index contributed by atoms with van der Waals surface area (Å²) >= 11 is 1.40. The molecule has 2 aromatic rings. The minimum Gasteiger partial charge on any atom is -0.300 e. The summed E-state index contributed by atoms with van der Waals surface area (Å²) in [4.78, 5) is 19.0. The van der Waals surface area contributed by atoms with Crippen LogP contribution in [0.3, 0.4) is 0 Å². The highest BCUT2D eigenvalue weighted by Gasteiger charge is 2.13. The molecule has 4 nitrogen and oxygen atoms in total. The molecule has 5 heteroatoms. The first-order valence-electron chi connectivity index (χ1n) is 5.99. The topological polar surface area (TPSA) is 69.5 Å². The summed E-state index contributed by atoms with van der Waals surface area (Å²) in [6, 6.07) is 11.1. The predicted molar refractivity (Wildman–Crippen MR) is 80.5 cm³/mol. The highest BCUT2D eigenvalue weighted by atomic mass is 32.2. The van der Waals surface area contributed by atoms with Gasteiger partial charge in [0.1, 0.15) is 11.6 Å². The SMILES string of the molecule is C=C(C)CSc1nc(-c2ccccc2)c(C#N)c(=O)[nH]1. The van der Waals surface area contributed by atoms with E-state index in [0.717, 1.165) is 11.1 Å². The quantitative estimate of drug-likeness (QED) is 0.532. The van der Waals surface area contributed by atoms with Crippen molar-refractivity contribution in [2.24, 2.45) is 0 Å². The van der Waals surface area contributed by atoms with Crippen LogP contribution in [0.25, 0.3) is 11.3 Å². The molecule has 0 unspecified atom stereocenters. The summed E-state index contributed by atoms with van der Waals surface area (Å²) in [5.74, 6) is 0.670. The molecule has 1 heterocycles. The van der Waals surface area contributed by atoms with Gasteiger partial charge in [-0.25, -0.2) is 4.98 Å². The summed E-state index contributed by atoms with van der Waals surface area (Å²) in [5.41, 5.74) is 1.79. The predicted octanol–water partition coefficient (Wildman–Crippen LogP) is 2.98. The van der Waals surface area contributed by atoms with Gasteiger partial charge in [-0.05, 0) is 6.92 Å². The number of aromatic nitrogens is 2. The second kappa shape index (κ2) is 6.22. The Hall–Kier alpha value is -2.32. The van der Waals surface area contributed by atoms with Gasteiger partial charge in [-0.15, -0.1) is 0 Å². The third-order valence-corrected chi connectivity index (χ3v) is 3.62. The van der Waals surface area contributed by atoms with Crippen molar-refractivity contribution in [3.8, 4) is 17.3 Å². The van der Waals surface area contributed by atoms with Crippen molar-refractivity contribution < 1.29 is 0 Å². The van der Waals surface area contributed by atoms with Crippen LogP contribution in [0.5, 0.6) is 0 Å². The smallest absolute Gasteiger partial charge is 0.270 e. The lowest BCUT2D eigenvalue weighted by Gasteiger charge is -2.06. The van der Waals surface area contributed by atoms with Crippen molar-refractivity contribution in [1.82, 2.24) is 9.97 Å². The minimum atomic E-state index is -0.412. The van der Waals surface area contributed by atoms with E-state index in [1.807, 2.05) is 43.3 Å². The van der Waals surface area contributed by atoms with Gasteiger partial charge in [0.25, 0.3) is 5.56 Å². The fourth-order valence-corrected chi connectivity index (χ4v) is 2.32. The number of thioether (sulfide) groups is 1. The fraction of sp³-hybridized carbons (Fsp3) is 0.133. The highest BCUT2D eigenvalue weighted by Crippen LogP contribution is 2.22. The van der Waals surface area contributed by atoms with Gasteiger partial charge >= 0.3 is 0 Å². The molecule has 0 bridgehead atoms. The van der Waals surface area contributed by atoms with Crippen LogP contribution in [-0.2, 0) is 0 Å². The summed E-state index contributed by atoms with van der Waals surface area (Å²) < 4.78 is 0. The number of rotatable bonds is 4. The largest absolute Gasteiger partial charge is 0.300 e. The van der Waals surface area contributed by atoms with E-state index < -0.39 is 5.56 Å². The first-order valence-corrected chi connectivity index (χ1v) is 6.97. The van der Waals surface area contributed by atoms with Gasteiger partial charge in [0.2, 0.25) is 0 Å². The first kappa shape index (κ1) is 14.1. The molecule has 0 aliphatic rings. The second-order valence-electron chi connectivity index (χ2n) is 4.32. The van der Waals surface area contributed by atoms with Crippen LogP contribution < -0.4 is 5.56 Å². The molecule has 100 valence electrons. The summed E-state index contributed by atoms with van der Waals surface area (Å²) in [6.45, 7) is 5.72. The highest BCUT2D eigenvalue weighted by molar-refractivity contribution is 7.99. The van der Waals surface area contributed by atoms with E-state index in [-0.39, 0.29) is 5.56 Å². The number of H-pyrrole nitrogens is 1. The number of nitriles is 1. The van der Waals surface area contributed by atoms with E-state index in [2.05, 4.69) is 16.5 Å². The molecule has 0 aliphatic carbocycles. The van der Waals surface area contributed by atoms with E-state index >= 15 is 0 Å². The molecule has 0 amide bonds. The van der Waals surface area contributed by atoms with Gasteiger partial charge in [-0.2, -0.15) is 5.26 Å². The Kier molecular flexibility index (Phi) is 4.38. The standard InChI is InChI=1S/C15H13N3OS/c1-10(2)9-20-15-17-13(11-6-4-3-5-7-11)12(8-16)14(19)18-15/h3-7H,1,9H2,2H3,(H,17,18,19). The molecule has 0 saturated carbocycles. The van der Waals surface area contributed by atoms with Gasteiger partial charge in [-0.3, -0.25) is 4.79 Å². The van der Waals surface area contributed by atoms with Gasteiger partial charge < -0.3 is 4.98 Å². The van der Waals surface area contributed by atoms with Crippen LogP contribution in [0.1, 0.15) is 12.5 Å². The number of nitrogens with one attached hydrogen (secondary N) is 1. The van der Waals surface area contributed by atoms with Gasteiger partial charge in [0, 0.05) is 11.3 Å². The van der Waals surface area contributed by atoms with Gasteiger partial charge in [0.15, 0.2) is 5.16 Å². The Morgan fingerprint density at radius 3 is 2.75 bits per heavy atom. The van der Waals surface area contributed by atoms with Crippen LogP contribution >= 0.6 is 11.8 Å². The zero-order chi connectivity index (χ0) is 14.5. The van der Waals surface area contributed by atoms with Crippen LogP contribution in [0.4, 0.5) is 0 Å². The van der Waals surface area contributed by atoms with Crippen molar-refractivity contribution in [3.63, 3.8) is 0 Å². The molecule has 0 saturated heterocycles. The van der Waals surface area contributed by atoms with E-state index in [0.29, 0.717) is 16.6 Å². The Balaban J connectivity index is 2.52. The monoisotopic (exact) mass is 283 g/mol. The maximum atomic E-state index is 12.0. The molecule has 0 radical (unpaired) electrons. The van der Waals surface area contributed by atoms with Crippen molar-refractivity contribution in [3.05, 3.63) is 58.4 Å². The van der Waals surface area contributed by atoms with Crippen molar-refractivity contribution in [1.29, 1.82) is 5.26 Å². The van der Waals surface area contributed by atoms with E-state index in [1.54, 1.807) is 0 Å². The van der Waals surface area contributed by atoms with Gasteiger partial charge in [-0.1, -0.05) is 54.2 Å². The summed E-state index contributed by atoms with van der Waals surface area (Å²) in [7, 11) is 0. The number of nitrogens with zero attached hydrogens (tertiary/aromatic N) is 2. The Labute approximate surface area is 121 Å². The summed E-state index contributed by atoms with van der Waals surface area (Å²) in [6.07, 6.45) is 0. The Morgan fingerprint density at radius 2 is 2.15 bits per heavy atom. The molecule has 1 aromatic carbocycles. The zero-order valence-electron chi connectivity index (χ0n) is 11.0. The second-order valence-corrected chi connectivity index (χ2v) is 5.28. The lowest BCUT2D eigenvalue weighted by atomic mass is 10.1. The number of aromatic amines is 1. The molecular weight excluding hydrogens is 270 g/mol. The average molecular weight is 283 g/mol. The van der Waals surface area contributed by atoms with Gasteiger partial charge in [0.05, 0.1) is 5.69 Å². The molecule has 0 aliphatic heterocycles. The molecule has 1 aromatic heterocycles. The number of benzene rings is 1. The van der Waals surface area contributed by atoms with Crippen molar-refractivity contribution in [2.45, 2.75) is 12.1 Å². The average Bonchev–Trinajstić information content (AvgIpc) is 2.45. The van der Waals surface area contributed by atoms with Crippen molar-refractivity contribution in [2.75, 3.05) is 5.75 Å².